The molecule has 11 heavy (non-hydrogen) atoms. The number of hydrogen-bond donors (Lipinski definition) is 3. The van der Waals surface area contributed by atoms with E-state index in [1.165, 1.54) is 0 Å². The summed E-state index contributed by atoms with van der Waals surface area (Å²) in [5, 5.41) is 0. The normalized spacial score (nSPS) is 11.2. The fourth-order valence-corrected chi connectivity index (χ4v) is 0.421. The zero-order valence-electron chi connectivity index (χ0n) is 6.13. The maximum atomic E-state index is 11.5. The van der Waals surface area contributed by atoms with Gasteiger partial charge in [0.25, 0.3) is 0 Å². The lowest BCUT2D eigenvalue weighted by Gasteiger charge is -1.92. The molecule has 0 atom stereocenters. The molecule has 0 rings (SSSR count). The Balaban J connectivity index is 3.72. The van der Waals surface area contributed by atoms with E-state index in [0.717, 1.165) is 0 Å². The van der Waals surface area contributed by atoms with Crippen molar-refractivity contribution in [3.8, 4) is 0 Å². The third kappa shape index (κ3) is 6.56. The van der Waals surface area contributed by atoms with Gasteiger partial charge in [0.1, 0.15) is 0 Å². The summed E-state index contributed by atoms with van der Waals surface area (Å²) in [5.41, 5.74) is 15.2. The summed E-state index contributed by atoms with van der Waals surface area (Å²) >= 11 is 0. The van der Waals surface area contributed by atoms with Crippen LogP contribution in [0.25, 0.3) is 0 Å². The summed E-state index contributed by atoms with van der Waals surface area (Å²) in [4.78, 5) is 7.09. The average molecular weight is 161 g/mol. The van der Waals surface area contributed by atoms with Gasteiger partial charge < -0.3 is 17.2 Å². The summed E-state index contributed by atoms with van der Waals surface area (Å²) in [5.74, 6) is -0.162. The number of alkyl halides is 1. The molecule has 0 amide bonds. The van der Waals surface area contributed by atoms with Gasteiger partial charge in [0, 0.05) is 6.54 Å². The second kappa shape index (κ2) is 5.45. The van der Waals surface area contributed by atoms with Crippen molar-refractivity contribution in [2.24, 2.45) is 27.2 Å². The highest BCUT2D eigenvalue weighted by Crippen LogP contribution is 1.82. The Morgan fingerprint density at radius 3 is 2.36 bits per heavy atom. The van der Waals surface area contributed by atoms with Crippen LogP contribution in [0.5, 0.6) is 0 Å². The van der Waals surface area contributed by atoms with Crippen LogP contribution in [0.1, 0.15) is 6.42 Å². The lowest BCUT2D eigenvalue weighted by Crippen LogP contribution is -2.26. The number of guanidine groups is 2. The molecule has 0 aliphatic heterocycles. The van der Waals surface area contributed by atoms with E-state index in [4.69, 9.17) is 17.2 Å². The van der Waals surface area contributed by atoms with Crippen molar-refractivity contribution >= 4 is 11.9 Å². The standard InChI is InChI=1S/C5H12FN5/c6-2-1-3-10-5(9)11-4(7)8/h1-3H2,(H6,7,8,9,10,11). The first-order chi connectivity index (χ1) is 5.16. The highest BCUT2D eigenvalue weighted by Gasteiger charge is 1.87. The van der Waals surface area contributed by atoms with E-state index in [-0.39, 0.29) is 11.9 Å². The minimum absolute atomic E-state index is 0.0153. The van der Waals surface area contributed by atoms with E-state index in [1.807, 2.05) is 0 Å². The van der Waals surface area contributed by atoms with Crippen LogP contribution in [0.4, 0.5) is 4.39 Å². The van der Waals surface area contributed by atoms with Gasteiger partial charge in [-0.2, -0.15) is 4.99 Å². The zero-order valence-corrected chi connectivity index (χ0v) is 6.13. The molecule has 5 nitrogen and oxygen atoms in total. The molecule has 0 fully saturated rings. The van der Waals surface area contributed by atoms with Crippen LogP contribution >= 0.6 is 0 Å². The Labute approximate surface area is 64.2 Å². The Bertz CT molecular complexity index is 160. The molecule has 6 N–H and O–H groups in total. The molecular formula is C5H12FN5. The fourth-order valence-electron chi connectivity index (χ4n) is 0.421. The van der Waals surface area contributed by atoms with Crippen molar-refractivity contribution in [1.82, 2.24) is 0 Å². The quantitative estimate of drug-likeness (QED) is 0.279. The van der Waals surface area contributed by atoms with Gasteiger partial charge >= 0.3 is 0 Å². The van der Waals surface area contributed by atoms with Gasteiger partial charge in [0.2, 0.25) is 5.96 Å². The molecule has 6 heteroatoms. The summed E-state index contributed by atoms with van der Waals surface area (Å²) < 4.78 is 11.5. The van der Waals surface area contributed by atoms with Crippen molar-refractivity contribution in [1.29, 1.82) is 0 Å². The predicted molar refractivity (Wildman–Crippen MR) is 42.9 cm³/mol. The van der Waals surface area contributed by atoms with Crippen molar-refractivity contribution < 1.29 is 4.39 Å². The van der Waals surface area contributed by atoms with Gasteiger partial charge in [-0.05, 0) is 6.42 Å². The molecule has 0 saturated heterocycles. The molecule has 0 bridgehead atoms. The Morgan fingerprint density at radius 1 is 1.27 bits per heavy atom. The Kier molecular flexibility index (Phi) is 4.80. The van der Waals surface area contributed by atoms with Gasteiger partial charge in [-0.25, -0.2) is 0 Å². The first-order valence-corrected chi connectivity index (χ1v) is 3.12. The molecule has 0 aromatic heterocycles. The fraction of sp³-hybridized carbons (Fsp3) is 0.600. The Morgan fingerprint density at radius 2 is 1.91 bits per heavy atom. The van der Waals surface area contributed by atoms with Crippen LogP contribution in [0.3, 0.4) is 0 Å². The maximum Gasteiger partial charge on any atom is 0.218 e. The van der Waals surface area contributed by atoms with Gasteiger partial charge in [-0.15, -0.1) is 0 Å². The van der Waals surface area contributed by atoms with Crippen LogP contribution in [0.15, 0.2) is 9.98 Å². The summed E-state index contributed by atoms with van der Waals surface area (Å²) in [6.07, 6.45) is 0.334. The largest absolute Gasteiger partial charge is 0.370 e. The Hall–Kier alpha value is -1.33. The lowest BCUT2D eigenvalue weighted by molar-refractivity contribution is 0.477. The molecule has 0 saturated carbocycles. The highest BCUT2D eigenvalue weighted by molar-refractivity contribution is 5.92. The monoisotopic (exact) mass is 161 g/mol. The number of hydrogen-bond acceptors (Lipinski definition) is 1. The number of rotatable bonds is 3. The van der Waals surface area contributed by atoms with E-state index in [1.54, 1.807) is 0 Å². The van der Waals surface area contributed by atoms with Crippen molar-refractivity contribution in [2.75, 3.05) is 13.2 Å². The molecule has 64 valence electrons. The van der Waals surface area contributed by atoms with Crippen LogP contribution < -0.4 is 17.2 Å². The molecule has 0 aliphatic carbocycles. The zero-order chi connectivity index (χ0) is 8.69. The molecule has 0 radical (unpaired) electrons. The van der Waals surface area contributed by atoms with Crippen molar-refractivity contribution in [3.05, 3.63) is 0 Å². The minimum Gasteiger partial charge on any atom is -0.370 e. The van der Waals surface area contributed by atoms with Crippen LogP contribution in [0.2, 0.25) is 0 Å². The number of halogens is 1. The first kappa shape index (κ1) is 9.67. The second-order valence-electron chi connectivity index (χ2n) is 1.82. The van der Waals surface area contributed by atoms with E-state index < -0.39 is 6.67 Å². The van der Waals surface area contributed by atoms with E-state index in [2.05, 4.69) is 9.98 Å². The van der Waals surface area contributed by atoms with Crippen LogP contribution in [-0.4, -0.2) is 25.1 Å². The molecule has 0 heterocycles. The minimum atomic E-state index is -0.418. The SMILES string of the molecule is NC(N)=NC(N)=NCCCF. The smallest absolute Gasteiger partial charge is 0.218 e. The first-order valence-electron chi connectivity index (χ1n) is 3.12. The molecule has 0 spiro atoms. The molecular weight excluding hydrogens is 149 g/mol. The number of aliphatic imine (C=N–C) groups is 2. The highest BCUT2D eigenvalue weighted by atomic mass is 19.1. The summed E-state index contributed by atoms with van der Waals surface area (Å²) in [6.45, 7) is -0.113. The molecule has 0 unspecified atom stereocenters. The molecule has 0 aliphatic rings. The summed E-state index contributed by atoms with van der Waals surface area (Å²) in [7, 11) is 0. The van der Waals surface area contributed by atoms with Crippen molar-refractivity contribution in [3.63, 3.8) is 0 Å². The lowest BCUT2D eigenvalue weighted by atomic mass is 10.5. The average Bonchev–Trinajstić information content (AvgIpc) is 1.86. The predicted octanol–water partition coefficient (Wildman–Crippen LogP) is -1.07. The van der Waals surface area contributed by atoms with E-state index >= 15 is 0 Å². The van der Waals surface area contributed by atoms with Crippen LogP contribution in [0, 0.1) is 0 Å². The van der Waals surface area contributed by atoms with Gasteiger partial charge in [-0.3, -0.25) is 9.38 Å². The third-order valence-electron chi connectivity index (χ3n) is 0.809. The van der Waals surface area contributed by atoms with E-state index in [9.17, 15) is 4.39 Å². The van der Waals surface area contributed by atoms with E-state index in [0.29, 0.717) is 13.0 Å². The van der Waals surface area contributed by atoms with Gasteiger partial charge in [0.15, 0.2) is 5.96 Å². The second-order valence-corrected chi connectivity index (χ2v) is 1.82. The topological polar surface area (TPSA) is 103 Å². The maximum absolute atomic E-state index is 11.5. The van der Waals surface area contributed by atoms with Crippen LogP contribution in [-0.2, 0) is 0 Å². The van der Waals surface area contributed by atoms with Gasteiger partial charge in [-0.1, -0.05) is 0 Å². The summed E-state index contributed by atoms with van der Waals surface area (Å²) in [6, 6.07) is 0. The third-order valence-corrected chi connectivity index (χ3v) is 0.809. The van der Waals surface area contributed by atoms with Crippen molar-refractivity contribution in [2.45, 2.75) is 6.42 Å². The number of nitrogens with two attached hydrogens (primary N) is 3. The molecule has 0 aromatic rings. The molecule has 0 aromatic carbocycles. The number of nitrogens with zero attached hydrogens (tertiary/aromatic N) is 2. The van der Waals surface area contributed by atoms with Gasteiger partial charge in [0.05, 0.1) is 6.67 Å².